The van der Waals surface area contributed by atoms with Gasteiger partial charge in [-0.1, -0.05) is 30.3 Å². The number of amides is 1. The van der Waals surface area contributed by atoms with E-state index in [9.17, 15) is 4.79 Å². The van der Waals surface area contributed by atoms with E-state index in [2.05, 4.69) is 29.7 Å². The fraction of sp³-hybridized carbons (Fsp3) is 0.125. The van der Waals surface area contributed by atoms with Crippen molar-refractivity contribution in [3.8, 4) is 5.75 Å². The Morgan fingerprint density at radius 2 is 1.76 bits per heavy atom. The van der Waals surface area contributed by atoms with Crippen molar-refractivity contribution in [3.05, 3.63) is 65.7 Å². The van der Waals surface area contributed by atoms with Gasteiger partial charge in [-0.2, -0.15) is 0 Å². The summed E-state index contributed by atoms with van der Waals surface area (Å²) in [5, 5.41) is 2.33. The summed E-state index contributed by atoms with van der Waals surface area (Å²) in [5.74, 6) is 0.399. The van der Waals surface area contributed by atoms with Crippen LogP contribution in [-0.4, -0.2) is 17.6 Å². The maximum atomic E-state index is 11.6. The third kappa shape index (κ3) is 4.89. The summed E-state index contributed by atoms with van der Waals surface area (Å²) in [7, 11) is 0. The zero-order valence-corrected chi connectivity index (χ0v) is 12.2. The highest BCUT2D eigenvalue weighted by Gasteiger charge is 2.05. The van der Waals surface area contributed by atoms with Gasteiger partial charge in [-0.25, -0.2) is 0 Å². The van der Waals surface area contributed by atoms with E-state index in [1.165, 1.54) is 5.56 Å². The molecule has 2 aromatic rings. The number of benzene rings is 2. The first-order chi connectivity index (χ1) is 10.1. The second-order valence-electron chi connectivity index (χ2n) is 4.43. The highest BCUT2D eigenvalue weighted by atomic mass is 32.1. The van der Waals surface area contributed by atoms with Gasteiger partial charge >= 0.3 is 0 Å². The first kappa shape index (κ1) is 15.0. The molecule has 0 aliphatic carbocycles. The highest BCUT2D eigenvalue weighted by molar-refractivity contribution is 7.80. The number of thiocarbonyl (C=S) groups is 1. The summed E-state index contributed by atoms with van der Waals surface area (Å²) in [4.78, 5) is 11.6. The average molecular weight is 300 g/mol. The van der Waals surface area contributed by atoms with Gasteiger partial charge in [0.25, 0.3) is 5.91 Å². The molecule has 0 aromatic heterocycles. The number of nitrogens with two attached hydrogens (primary N) is 1. The molecular formula is C16H16N2O2S. The van der Waals surface area contributed by atoms with Crippen molar-refractivity contribution in [3.63, 3.8) is 0 Å². The zero-order chi connectivity index (χ0) is 15.1. The smallest absolute Gasteiger partial charge is 0.257 e. The van der Waals surface area contributed by atoms with Crippen molar-refractivity contribution >= 4 is 23.2 Å². The normalized spacial score (nSPS) is 9.90. The van der Waals surface area contributed by atoms with E-state index in [4.69, 9.17) is 10.5 Å². The van der Waals surface area contributed by atoms with Gasteiger partial charge in [0.15, 0.2) is 5.11 Å². The minimum Gasteiger partial charge on any atom is -0.493 e. The van der Waals surface area contributed by atoms with Crippen LogP contribution in [0.3, 0.4) is 0 Å². The van der Waals surface area contributed by atoms with E-state index in [0.717, 1.165) is 12.2 Å². The molecular weight excluding hydrogens is 284 g/mol. The first-order valence-corrected chi connectivity index (χ1v) is 6.93. The lowest BCUT2D eigenvalue weighted by Gasteiger charge is -2.07. The molecule has 5 heteroatoms. The van der Waals surface area contributed by atoms with E-state index in [1.54, 1.807) is 24.3 Å². The molecule has 0 radical (unpaired) electrons. The van der Waals surface area contributed by atoms with Crippen molar-refractivity contribution in [2.75, 3.05) is 6.61 Å². The molecule has 1 amide bonds. The van der Waals surface area contributed by atoms with Crippen LogP contribution in [0.5, 0.6) is 5.75 Å². The maximum Gasteiger partial charge on any atom is 0.257 e. The summed E-state index contributed by atoms with van der Waals surface area (Å²) in [5.41, 5.74) is 6.97. The molecule has 0 heterocycles. The Hall–Kier alpha value is -2.40. The van der Waals surface area contributed by atoms with E-state index >= 15 is 0 Å². The lowest BCUT2D eigenvalue weighted by Crippen LogP contribution is -2.34. The molecule has 0 bridgehead atoms. The number of hydrogen-bond donors (Lipinski definition) is 2. The van der Waals surface area contributed by atoms with Gasteiger partial charge in [0.1, 0.15) is 5.75 Å². The van der Waals surface area contributed by atoms with Gasteiger partial charge in [-0.15, -0.1) is 0 Å². The Balaban J connectivity index is 1.85. The van der Waals surface area contributed by atoms with Crippen molar-refractivity contribution in [2.45, 2.75) is 6.42 Å². The summed E-state index contributed by atoms with van der Waals surface area (Å²) in [6.45, 7) is 0.586. The van der Waals surface area contributed by atoms with Crippen LogP contribution in [0.15, 0.2) is 54.6 Å². The van der Waals surface area contributed by atoms with E-state index in [-0.39, 0.29) is 11.0 Å². The van der Waals surface area contributed by atoms with E-state index in [1.807, 2.05) is 18.2 Å². The SMILES string of the molecule is NC(=S)NC(=O)c1ccc(OCCc2ccccc2)cc1. The van der Waals surface area contributed by atoms with Crippen molar-refractivity contribution in [2.24, 2.45) is 5.73 Å². The monoisotopic (exact) mass is 300 g/mol. The molecule has 2 aromatic carbocycles. The van der Waals surface area contributed by atoms with Crippen LogP contribution >= 0.6 is 12.2 Å². The molecule has 0 saturated carbocycles. The third-order valence-corrected chi connectivity index (χ3v) is 2.96. The predicted octanol–water partition coefficient (Wildman–Crippen LogP) is 2.28. The highest BCUT2D eigenvalue weighted by Crippen LogP contribution is 2.12. The minimum atomic E-state index is -0.321. The molecule has 0 atom stereocenters. The Morgan fingerprint density at radius 3 is 2.38 bits per heavy atom. The van der Waals surface area contributed by atoms with Crippen LogP contribution in [0.2, 0.25) is 0 Å². The summed E-state index contributed by atoms with van der Waals surface area (Å²) >= 11 is 4.62. The largest absolute Gasteiger partial charge is 0.493 e. The van der Waals surface area contributed by atoms with Crippen LogP contribution in [0.25, 0.3) is 0 Å². The van der Waals surface area contributed by atoms with E-state index in [0.29, 0.717) is 12.2 Å². The zero-order valence-electron chi connectivity index (χ0n) is 11.4. The number of ether oxygens (including phenoxy) is 1. The van der Waals surface area contributed by atoms with Gasteiger partial charge in [0.2, 0.25) is 0 Å². The van der Waals surface area contributed by atoms with Gasteiger partial charge in [-0.05, 0) is 42.0 Å². The predicted molar refractivity (Wildman–Crippen MR) is 86.3 cm³/mol. The fourth-order valence-electron chi connectivity index (χ4n) is 1.82. The fourth-order valence-corrected chi connectivity index (χ4v) is 1.91. The number of carbonyl (C=O) groups excluding carboxylic acids is 1. The number of nitrogens with one attached hydrogen (secondary N) is 1. The molecule has 3 N–H and O–H groups in total. The number of carbonyl (C=O) groups is 1. The van der Waals surface area contributed by atoms with Crippen LogP contribution in [-0.2, 0) is 6.42 Å². The van der Waals surface area contributed by atoms with E-state index < -0.39 is 0 Å². The summed E-state index contributed by atoms with van der Waals surface area (Å²) in [6, 6.07) is 17.0. The van der Waals surface area contributed by atoms with Crippen LogP contribution in [0.4, 0.5) is 0 Å². The van der Waals surface area contributed by atoms with Crippen molar-refractivity contribution < 1.29 is 9.53 Å². The molecule has 0 aliphatic heterocycles. The van der Waals surface area contributed by atoms with Crippen LogP contribution in [0.1, 0.15) is 15.9 Å². The second kappa shape index (κ2) is 7.40. The molecule has 21 heavy (non-hydrogen) atoms. The topological polar surface area (TPSA) is 64.3 Å². The first-order valence-electron chi connectivity index (χ1n) is 6.53. The Labute approximate surface area is 128 Å². The quantitative estimate of drug-likeness (QED) is 0.832. The van der Waals surface area contributed by atoms with Gasteiger partial charge < -0.3 is 10.5 Å². The lowest BCUT2D eigenvalue weighted by atomic mass is 10.2. The standard InChI is InChI=1S/C16H16N2O2S/c17-16(21)18-15(19)13-6-8-14(9-7-13)20-11-10-12-4-2-1-3-5-12/h1-9H,10-11H2,(H3,17,18,19,21). The van der Waals surface area contributed by atoms with Gasteiger partial charge in [-0.3, -0.25) is 10.1 Å². The van der Waals surface area contributed by atoms with Crippen LogP contribution < -0.4 is 15.8 Å². The van der Waals surface area contributed by atoms with Crippen molar-refractivity contribution in [1.29, 1.82) is 0 Å². The lowest BCUT2D eigenvalue weighted by molar-refractivity contribution is 0.0977. The molecule has 0 fully saturated rings. The number of hydrogen-bond acceptors (Lipinski definition) is 3. The second-order valence-corrected chi connectivity index (χ2v) is 4.87. The van der Waals surface area contributed by atoms with Gasteiger partial charge in [0, 0.05) is 12.0 Å². The molecule has 0 saturated heterocycles. The minimum absolute atomic E-state index is 0.0387. The Kier molecular flexibility index (Phi) is 5.29. The molecule has 4 nitrogen and oxygen atoms in total. The Bertz CT molecular complexity index is 612. The molecule has 108 valence electrons. The summed E-state index contributed by atoms with van der Waals surface area (Å²) < 4.78 is 5.64. The molecule has 0 spiro atoms. The third-order valence-electron chi connectivity index (χ3n) is 2.86. The Morgan fingerprint density at radius 1 is 1.10 bits per heavy atom. The molecule has 2 rings (SSSR count). The average Bonchev–Trinajstić information content (AvgIpc) is 2.48. The maximum absolute atomic E-state index is 11.6. The van der Waals surface area contributed by atoms with Crippen LogP contribution in [0, 0.1) is 0 Å². The van der Waals surface area contributed by atoms with Crippen molar-refractivity contribution in [1.82, 2.24) is 5.32 Å². The van der Waals surface area contributed by atoms with Gasteiger partial charge in [0.05, 0.1) is 6.61 Å². The molecule has 0 unspecified atom stereocenters. The molecule has 0 aliphatic rings. The summed E-state index contributed by atoms with van der Waals surface area (Å²) in [6.07, 6.45) is 0.838. The number of rotatable bonds is 5.